The van der Waals surface area contributed by atoms with Gasteiger partial charge < -0.3 is 10.1 Å². The van der Waals surface area contributed by atoms with E-state index in [2.05, 4.69) is 16.6 Å². The number of hydrogen-bond acceptors (Lipinski definition) is 3. The van der Waals surface area contributed by atoms with E-state index in [1.165, 1.54) is 0 Å². The first kappa shape index (κ1) is 5.53. The number of hydrogen-bond donors (Lipinski definition) is 1. The molecule has 0 aromatic rings. The van der Waals surface area contributed by atoms with Gasteiger partial charge in [0.25, 0.3) is 0 Å². The van der Waals surface area contributed by atoms with E-state index in [1.54, 1.807) is 12.5 Å². The Balaban J connectivity index is 2.23. The zero-order valence-corrected chi connectivity index (χ0v) is 5.37. The number of ether oxygens (including phenoxy) is 1. The monoisotopic (exact) mass is 135 g/mol. The highest BCUT2D eigenvalue weighted by Crippen LogP contribution is 2.16. The summed E-state index contributed by atoms with van der Waals surface area (Å²) in [5, 5.41) is 2.86. The lowest BCUT2D eigenvalue weighted by Gasteiger charge is -2.23. The summed E-state index contributed by atoms with van der Waals surface area (Å²) < 4.78 is 5.20. The fraction of sp³-hybridized carbons (Fsp3) is 0.286. The summed E-state index contributed by atoms with van der Waals surface area (Å²) >= 11 is 0. The van der Waals surface area contributed by atoms with Crippen molar-refractivity contribution in [2.75, 3.05) is 0 Å². The Morgan fingerprint density at radius 1 is 1.80 bits per heavy atom. The molecule has 0 spiro atoms. The molecule has 10 heavy (non-hydrogen) atoms. The highest BCUT2D eigenvalue weighted by atomic mass is 16.5. The molecule has 2 rings (SSSR count). The number of rotatable bonds is 0. The Hall–Kier alpha value is -1.25. The van der Waals surface area contributed by atoms with Crippen LogP contribution in [0.4, 0.5) is 0 Å². The number of aliphatic imine (C=N–C) groups is 1. The van der Waals surface area contributed by atoms with Crippen LogP contribution in [-0.2, 0) is 4.74 Å². The molecule has 0 saturated heterocycles. The molecule has 0 saturated carbocycles. The minimum absolute atomic E-state index is 0.0255. The Bertz CT molecular complexity index is 218. The largest absolute Gasteiger partial charge is 0.475 e. The minimum atomic E-state index is -0.0255. The predicted molar refractivity (Wildman–Crippen MR) is 37.3 cm³/mol. The average Bonchev–Trinajstić information content (AvgIpc) is 2.05. The van der Waals surface area contributed by atoms with Gasteiger partial charge in [0, 0.05) is 11.8 Å². The zero-order valence-electron chi connectivity index (χ0n) is 5.37. The Morgan fingerprint density at radius 2 is 2.80 bits per heavy atom. The topological polar surface area (TPSA) is 33.6 Å². The third-order valence-corrected chi connectivity index (χ3v) is 1.49. The SMILES string of the molecule is [C]1=NC=C2CC=COC2N1. The van der Waals surface area contributed by atoms with Gasteiger partial charge in [0.05, 0.1) is 6.26 Å². The van der Waals surface area contributed by atoms with Crippen LogP contribution in [0, 0.1) is 0 Å². The second-order valence-electron chi connectivity index (χ2n) is 2.18. The molecule has 1 N–H and O–H groups in total. The second-order valence-corrected chi connectivity index (χ2v) is 2.18. The van der Waals surface area contributed by atoms with E-state index in [0.717, 1.165) is 12.0 Å². The number of fused-ring (bicyclic) bond motifs is 1. The van der Waals surface area contributed by atoms with Crippen molar-refractivity contribution in [1.82, 2.24) is 5.32 Å². The van der Waals surface area contributed by atoms with Crippen molar-refractivity contribution in [2.24, 2.45) is 4.99 Å². The van der Waals surface area contributed by atoms with Crippen molar-refractivity contribution in [1.29, 1.82) is 0 Å². The smallest absolute Gasteiger partial charge is 0.194 e. The van der Waals surface area contributed by atoms with Crippen molar-refractivity contribution in [3.8, 4) is 0 Å². The lowest BCUT2D eigenvalue weighted by atomic mass is 10.1. The summed E-state index contributed by atoms with van der Waals surface area (Å²) in [6, 6.07) is 0. The first-order chi connectivity index (χ1) is 4.97. The molecule has 2 aliphatic heterocycles. The molecule has 0 aliphatic carbocycles. The molecule has 0 bridgehead atoms. The molecule has 0 fully saturated rings. The predicted octanol–water partition coefficient (Wildman–Crippen LogP) is 0.639. The number of nitrogens with one attached hydrogen (secondary N) is 1. The highest BCUT2D eigenvalue weighted by molar-refractivity contribution is 5.58. The van der Waals surface area contributed by atoms with E-state index in [4.69, 9.17) is 4.74 Å². The molecule has 2 aliphatic rings. The fourth-order valence-corrected chi connectivity index (χ4v) is 0.971. The lowest BCUT2D eigenvalue weighted by Crippen LogP contribution is -2.34. The summed E-state index contributed by atoms with van der Waals surface area (Å²) in [5.41, 5.74) is 1.15. The van der Waals surface area contributed by atoms with Crippen molar-refractivity contribution in [3.63, 3.8) is 0 Å². The van der Waals surface area contributed by atoms with Crippen molar-refractivity contribution in [3.05, 3.63) is 24.1 Å². The van der Waals surface area contributed by atoms with Crippen LogP contribution in [0.2, 0.25) is 0 Å². The first-order valence-corrected chi connectivity index (χ1v) is 3.16. The highest BCUT2D eigenvalue weighted by Gasteiger charge is 2.16. The van der Waals surface area contributed by atoms with E-state index < -0.39 is 0 Å². The van der Waals surface area contributed by atoms with Crippen LogP contribution in [0.5, 0.6) is 0 Å². The molecule has 0 aromatic carbocycles. The maximum atomic E-state index is 5.20. The molecular formula is C7H7N2O. The maximum absolute atomic E-state index is 5.20. The van der Waals surface area contributed by atoms with E-state index in [0.29, 0.717) is 0 Å². The summed E-state index contributed by atoms with van der Waals surface area (Å²) in [5.74, 6) is 0. The summed E-state index contributed by atoms with van der Waals surface area (Å²) in [7, 11) is 0. The quantitative estimate of drug-likeness (QED) is 0.528. The molecule has 51 valence electrons. The maximum Gasteiger partial charge on any atom is 0.194 e. The molecule has 3 nitrogen and oxygen atoms in total. The van der Waals surface area contributed by atoms with Crippen LogP contribution in [0.15, 0.2) is 29.1 Å². The van der Waals surface area contributed by atoms with Crippen molar-refractivity contribution < 1.29 is 4.74 Å². The third kappa shape index (κ3) is 0.795. The van der Waals surface area contributed by atoms with Crippen LogP contribution in [0.3, 0.4) is 0 Å². The van der Waals surface area contributed by atoms with Crippen LogP contribution in [0.25, 0.3) is 0 Å². The molecule has 0 amide bonds. The molecule has 1 radical (unpaired) electrons. The molecule has 3 heteroatoms. The Morgan fingerprint density at radius 3 is 3.70 bits per heavy atom. The van der Waals surface area contributed by atoms with Crippen molar-refractivity contribution >= 4 is 6.34 Å². The van der Waals surface area contributed by atoms with Gasteiger partial charge in [-0.1, -0.05) is 0 Å². The van der Waals surface area contributed by atoms with Gasteiger partial charge in [-0.2, -0.15) is 0 Å². The van der Waals surface area contributed by atoms with Gasteiger partial charge in [-0.3, -0.25) is 0 Å². The molecule has 1 atom stereocenters. The number of nitrogens with zero attached hydrogens (tertiary/aromatic N) is 1. The minimum Gasteiger partial charge on any atom is -0.475 e. The van der Waals surface area contributed by atoms with Crippen LogP contribution >= 0.6 is 0 Å². The van der Waals surface area contributed by atoms with Crippen LogP contribution in [-0.4, -0.2) is 12.6 Å². The first-order valence-electron chi connectivity index (χ1n) is 3.16. The van der Waals surface area contributed by atoms with Gasteiger partial charge in [0.2, 0.25) is 0 Å². The van der Waals surface area contributed by atoms with E-state index in [1.807, 2.05) is 6.08 Å². The molecule has 0 aromatic heterocycles. The number of allylic oxidation sites excluding steroid dienone is 1. The Kier molecular flexibility index (Phi) is 1.20. The molecule has 1 unspecified atom stereocenters. The summed E-state index contributed by atoms with van der Waals surface area (Å²) in [6.45, 7) is 0. The molecular weight excluding hydrogens is 128 g/mol. The summed E-state index contributed by atoms with van der Waals surface area (Å²) in [4.78, 5) is 3.82. The van der Waals surface area contributed by atoms with Gasteiger partial charge >= 0.3 is 0 Å². The fourth-order valence-electron chi connectivity index (χ4n) is 0.971. The van der Waals surface area contributed by atoms with Gasteiger partial charge in [-0.25, -0.2) is 4.99 Å². The van der Waals surface area contributed by atoms with Gasteiger partial charge in [0.15, 0.2) is 12.6 Å². The van der Waals surface area contributed by atoms with Gasteiger partial charge in [-0.05, 0) is 12.5 Å². The van der Waals surface area contributed by atoms with E-state index in [9.17, 15) is 0 Å². The second kappa shape index (κ2) is 2.17. The normalized spacial score (nSPS) is 28.0. The lowest BCUT2D eigenvalue weighted by molar-refractivity contribution is 0.151. The van der Waals surface area contributed by atoms with E-state index >= 15 is 0 Å². The van der Waals surface area contributed by atoms with Gasteiger partial charge in [-0.15, -0.1) is 0 Å². The van der Waals surface area contributed by atoms with Crippen LogP contribution < -0.4 is 5.32 Å². The zero-order chi connectivity index (χ0) is 6.81. The van der Waals surface area contributed by atoms with Gasteiger partial charge in [0.1, 0.15) is 0 Å². The molecule has 2 heterocycles. The van der Waals surface area contributed by atoms with Crippen LogP contribution in [0.1, 0.15) is 6.42 Å². The Labute approximate surface area is 59.1 Å². The standard InChI is InChI=1S/C7H7N2O/c1-2-6-4-8-5-9-7(6)10-3-1/h1,3-4,7H,2H2,(H,8,9). The average molecular weight is 135 g/mol. The third-order valence-electron chi connectivity index (χ3n) is 1.49. The van der Waals surface area contributed by atoms with Crippen molar-refractivity contribution in [2.45, 2.75) is 12.6 Å². The van der Waals surface area contributed by atoms with E-state index in [-0.39, 0.29) is 6.23 Å². The summed E-state index contributed by atoms with van der Waals surface area (Å²) in [6.07, 6.45) is 8.96.